The lowest BCUT2D eigenvalue weighted by atomic mass is 9.74. The molecule has 2 unspecified atom stereocenters. The lowest BCUT2D eigenvalue weighted by molar-refractivity contribution is 0.111. The molecule has 2 fully saturated rings. The first-order chi connectivity index (χ1) is 16.2. The van der Waals surface area contributed by atoms with E-state index in [2.05, 4.69) is 26.5 Å². The van der Waals surface area contributed by atoms with Gasteiger partial charge in [-0.15, -0.1) is 6.42 Å². The highest BCUT2D eigenvalue weighted by Gasteiger charge is 2.37. The third-order valence-electron chi connectivity index (χ3n) is 5.94. The molecule has 33 heavy (non-hydrogen) atoms. The monoisotopic (exact) mass is 454 g/mol. The fraction of sp³-hybridized carbons (Fsp3) is 0.185. The number of anilines is 2. The predicted octanol–water partition coefficient (Wildman–Crippen LogP) is 6.17. The summed E-state index contributed by atoms with van der Waals surface area (Å²) in [6.07, 6.45) is 8.42. The van der Waals surface area contributed by atoms with Gasteiger partial charge in [0.15, 0.2) is 0 Å². The zero-order chi connectivity index (χ0) is 22.6. The molecule has 1 aliphatic heterocycles. The molecule has 0 spiro atoms. The zero-order valence-corrected chi connectivity index (χ0v) is 18.7. The maximum atomic E-state index is 5.98. The smallest absolute Gasteiger partial charge is 0.207 e. The van der Waals surface area contributed by atoms with Gasteiger partial charge in [-0.25, -0.2) is 9.97 Å². The third kappa shape index (κ3) is 4.93. The Morgan fingerprint density at radius 3 is 2.42 bits per heavy atom. The van der Waals surface area contributed by atoms with E-state index in [1.807, 2.05) is 60.7 Å². The van der Waals surface area contributed by atoms with Gasteiger partial charge in [-0.2, -0.15) is 0 Å². The molecule has 0 bridgehead atoms. The van der Waals surface area contributed by atoms with Crippen LogP contribution >= 0.6 is 11.6 Å². The van der Waals surface area contributed by atoms with Crippen LogP contribution in [0.5, 0.6) is 11.5 Å². The van der Waals surface area contributed by atoms with E-state index in [0.717, 1.165) is 28.6 Å². The highest BCUT2D eigenvalue weighted by molar-refractivity contribution is 6.30. The van der Waals surface area contributed by atoms with E-state index in [4.69, 9.17) is 22.8 Å². The van der Waals surface area contributed by atoms with Gasteiger partial charge in [-0.05, 0) is 85.8 Å². The van der Waals surface area contributed by atoms with Crippen molar-refractivity contribution < 1.29 is 4.74 Å². The van der Waals surface area contributed by atoms with E-state index in [1.54, 1.807) is 12.1 Å². The minimum atomic E-state index is 0.345. The fourth-order valence-corrected chi connectivity index (χ4v) is 4.05. The Kier molecular flexibility index (Phi) is 6.12. The Morgan fingerprint density at radius 1 is 0.970 bits per heavy atom. The van der Waals surface area contributed by atoms with Crippen molar-refractivity contribution in [1.82, 2.24) is 15.3 Å². The Hall–Kier alpha value is -3.59. The molecule has 1 saturated heterocycles. The van der Waals surface area contributed by atoms with Crippen LogP contribution in [0.2, 0.25) is 5.02 Å². The Balaban J connectivity index is 0.000000324. The number of piperidine rings is 1. The summed E-state index contributed by atoms with van der Waals surface area (Å²) in [5.74, 6) is 6.00. The number of rotatable bonds is 4. The molecule has 0 radical (unpaired) electrons. The highest BCUT2D eigenvalue weighted by Crippen LogP contribution is 2.33. The van der Waals surface area contributed by atoms with E-state index < -0.39 is 0 Å². The molecule has 0 amide bonds. The van der Waals surface area contributed by atoms with Crippen molar-refractivity contribution >= 4 is 34.0 Å². The maximum absolute atomic E-state index is 5.98. The molecule has 6 heteroatoms. The molecule has 3 aromatic carbocycles. The highest BCUT2D eigenvalue weighted by atomic mass is 35.5. The van der Waals surface area contributed by atoms with Crippen molar-refractivity contribution in [2.24, 2.45) is 5.92 Å². The number of aromatic nitrogens is 2. The van der Waals surface area contributed by atoms with Crippen molar-refractivity contribution in [1.29, 1.82) is 0 Å². The van der Waals surface area contributed by atoms with Gasteiger partial charge in [-0.1, -0.05) is 29.8 Å². The van der Waals surface area contributed by atoms with Gasteiger partial charge in [0, 0.05) is 22.1 Å². The minimum Gasteiger partial charge on any atom is -0.457 e. The summed E-state index contributed by atoms with van der Waals surface area (Å²) in [6, 6.07) is 23.5. The summed E-state index contributed by atoms with van der Waals surface area (Å²) >= 11 is 5.98. The Labute approximate surface area is 198 Å². The SMILES string of the molecule is C#Cc1nc(Nc2ccc(Oc3cccc(Cl)c3)cc2)c2ccccc2n1.C1CC2NCC12. The second-order valence-corrected chi connectivity index (χ2v) is 8.55. The minimum absolute atomic E-state index is 0.345. The first kappa shape index (κ1) is 21.3. The zero-order valence-electron chi connectivity index (χ0n) is 18.0. The topological polar surface area (TPSA) is 59.1 Å². The van der Waals surface area contributed by atoms with Gasteiger partial charge < -0.3 is 15.4 Å². The second-order valence-electron chi connectivity index (χ2n) is 8.12. The molecule has 2 N–H and O–H groups in total. The molecule has 1 saturated carbocycles. The van der Waals surface area contributed by atoms with Crippen LogP contribution in [-0.4, -0.2) is 22.6 Å². The molecule has 5 nitrogen and oxygen atoms in total. The van der Waals surface area contributed by atoms with Crippen LogP contribution in [0.25, 0.3) is 10.9 Å². The van der Waals surface area contributed by atoms with Crippen molar-refractivity contribution in [2.75, 3.05) is 11.9 Å². The van der Waals surface area contributed by atoms with Crippen LogP contribution < -0.4 is 15.4 Å². The predicted molar refractivity (Wildman–Crippen MR) is 133 cm³/mol. The molecule has 2 aliphatic rings. The van der Waals surface area contributed by atoms with Gasteiger partial charge in [0.1, 0.15) is 17.3 Å². The van der Waals surface area contributed by atoms with E-state index >= 15 is 0 Å². The number of nitrogens with one attached hydrogen (secondary N) is 2. The van der Waals surface area contributed by atoms with Gasteiger partial charge >= 0.3 is 0 Å². The number of ether oxygens (including phenoxy) is 1. The van der Waals surface area contributed by atoms with E-state index in [1.165, 1.54) is 19.4 Å². The molecular formula is C27H23ClN4O. The first-order valence-corrected chi connectivity index (χ1v) is 11.3. The fourth-order valence-electron chi connectivity index (χ4n) is 3.87. The number of halogens is 1. The number of nitrogens with zero attached hydrogens (tertiary/aromatic N) is 2. The summed E-state index contributed by atoms with van der Waals surface area (Å²) in [5, 5.41) is 8.17. The van der Waals surface area contributed by atoms with Crippen LogP contribution in [0.4, 0.5) is 11.5 Å². The van der Waals surface area contributed by atoms with Crippen molar-refractivity contribution in [2.45, 2.75) is 18.9 Å². The summed E-state index contributed by atoms with van der Waals surface area (Å²) in [6.45, 7) is 1.31. The molecule has 2 heterocycles. The second kappa shape index (κ2) is 9.50. The number of terminal acetylenes is 1. The molecule has 4 aromatic rings. The molecular weight excluding hydrogens is 432 g/mol. The summed E-state index contributed by atoms with van der Waals surface area (Å²) in [7, 11) is 0. The largest absolute Gasteiger partial charge is 0.457 e. The van der Waals surface area contributed by atoms with Crippen molar-refractivity contribution in [3.63, 3.8) is 0 Å². The van der Waals surface area contributed by atoms with Crippen LogP contribution in [-0.2, 0) is 0 Å². The van der Waals surface area contributed by atoms with E-state index in [9.17, 15) is 0 Å². The summed E-state index contributed by atoms with van der Waals surface area (Å²) in [4.78, 5) is 8.76. The van der Waals surface area contributed by atoms with Crippen LogP contribution in [0.3, 0.4) is 0 Å². The van der Waals surface area contributed by atoms with Gasteiger partial charge in [0.25, 0.3) is 0 Å². The molecule has 1 aliphatic carbocycles. The number of benzene rings is 3. The molecule has 164 valence electrons. The lowest BCUT2D eigenvalue weighted by Gasteiger charge is -2.47. The normalized spacial score (nSPS) is 17.9. The van der Waals surface area contributed by atoms with Crippen molar-refractivity contribution in [3.8, 4) is 23.8 Å². The Bertz CT molecular complexity index is 1300. The van der Waals surface area contributed by atoms with Gasteiger partial charge in [0.05, 0.1) is 5.52 Å². The van der Waals surface area contributed by atoms with E-state index in [0.29, 0.717) is 28.2 Å². The third-order valence-corrected chi connectivity index (χ3v) is 6.18. The van der Waals surface area contributed by atoms with Crippen LogP contribution in [0.15, 0.2) is 72.8 Å². The van der Waals surface area contributed by atoms with E-state index in [-0.39, 0.29) is 0 Å². The summed E-state index contributed by atoms with van der Waals surface area (Å²) in [5.41, 5.74) is 1.66. The number of hydrogen-bond donors (Lipinski definition) is 2. The number of para-hydroxylation sites is 1. The van der Waals surface area contributed by atoms with Crippen LogP contribution in [0, 0.1) is 18.3 Å². The van der Waals surface area contributed by atoms with Gasteiger partial charge in [-0.3, -0.25) is 0 Å². The van der Waals surface area contributed by atoms with Crippen LogP contribution in [0.1, 0.15) is 18.7 Å². The Morgan fingerprint density at radius 2 is 1.79 bits per heavy atom. The average Bonchev–Trinajstić information content (AvgIpc) is 2.83. The molecule has 6 rings (SSSR count). The number of hydrogen-bond acceptors (Lipinski definition) is 5. The lowest BCUT2D eigenvalue weighted by Crippen LogP contribution is -2.59. The number of fused-ring (bicyclic) bond motifs is 2. The maximum Gasteiger partial charge on any atom is 0.207 e. The standard InChI is InChI=1S/C22H14ClN3O.C5H9N/c1-2-21-25-20-9-4-3-8-19(20)22(26-21)24-16-10-12-17(13-11-16)27-18-7-5-6-15(23)14-18;1-2-5-4(1)3-6-5/h1,3-14H,(H,24,25,26);4-6H,1-3H2. The van der Waals surface area contributed by atoms with Crippen molar-refractivity contribution in [3.05, 3.63) is 83.6 Å². The van der Waals surface area contributed by atoms with Gasteiger partial charge in [0.2, 0.25) is 5.82 Å². The molecule has 1 aromatic heterocycles. The first-order valence-electron chi connectivity index (χ1n) is 11.0. The quantitative estimate of drug-likeness (QED) is 0.361. The molecule has 2 atom stereocenters. The summed E-state index contributed by atoms with van der Waals surface area (Å²) < 4.78 is 5.81. The average molecular weight is 455 g/mol.